The largest absolute Gasteiger partial charge is 0.508 e. The molecule has 0 saturated heterocycles. The Morgan fingerprint density at radius 3 is 2.77 bits per heavy atom. The zero-order valence-electron chi connectivity index (χ0n) is 16.3. The summed E-state index contributed by atoms with van der Waals surface area (Å²) in [5.74, 6) is 3.07. The second kappa shape index (κ2) is 6.24. The lowest BCUT2D eigenvalue weighted by molar-refractivity contribution is -0.116. The lowest BCUT2D eigenvalue weighted by Crippen LogP contribution is -2.51. The van der Waals surface area contributed by atoms with E-state index < -0.39 is 6.16 Å². The van der Waals surface area contributed by atoms with Crippen LogP contribution in [0.25, 0.3) is 0 Å². The minimum absolute atomic E-state index is 0.0886. The average Bonchev–Trinajstić information content (AvgIpc) is 2.90. The molecular weight excluding hydrogens is 328 g/mol. The molecule has 0 aromatic carbocycles. The third-order valence-corrected chi connectivity index (χ3v) is 7.66. The Hall–Kier alpha value is -1.58. The quantitative estimate of drug-likeness (QED) is 0.504. The van der Waals surface area contributed by atoms with E-state index in [1.165, 1.54) is 18.3 Å². The second-order valence-corrected chi connectivity index (χ2v) is 9.17. The van der Waals surface area contributed by atoms with Crippen molar-refractivity contribution in [3.8, 4) is 0 Å². The Kier molecular flexibility index (Phi) is 4.28. The molecule has 4 nitrogen and oxygen atoms in total. The van der Waals surface area contributed by atoms with Crippen LogP contribution in [0, 0.1) is 35.0 Å². The van der Waals surface area contributed by atoms with Gasteiger partial charge in [-0.3, -0.25) is 4.79 Å². The Balaban J connectivity index is 1.67. The predicted molar refractivity (Wildman–Crippen MR) is 98.4 cm³/mol. The van der Waals surface area contributed by atoms with Gasteiger partial charge < -0.3 is 9.47 Å². The standard InChI is InChI=1S/C22H30O4/c1-12-9-14-10-15(23)5-6-16(14)19-13(2)11-22(3)17(20(12)19)7-8-18(22)26-21(24)25-4/h7,10,12-13,16,18-20H,5-6,8-9,11H2,1-4H3/t12-,13+,16?,18+,19?,20?,22+/m1/s1. The summed E-state index contributed by atoms with van der Waals surface area (Å²) in [6, 6.07) is 0. The van der Waals surface area contributed by atoms with Crippen LogP contribution in [0.2, 0.25) is 0 Å². The molecule has 0 N–H and O–H groups in total. The minimum Gasteiger partial charge on any atom is -0.438 e. The van der Waals surface area contributed by atoms with Crippen molar-refractivity contribution in [3.63, 3.8) is 0 Å². The minimum atomic E-state index is -0.576. The molecule has 4 aliphatic rings. The van der Waals surface area contributed by atoms with Gasteiger partial charge in [0.15, 0.2) is 5.78 Å². The van der Waals surface area contributed by atoms with Crippen molar-refractivity contribution in [2.24, 2.45) is 35.0 Å². The number of allylic oxidation sites excluding steroid dienone is 2. The zero-order valence-corrected chi connectivity index (χ0v) is 16.3. The number of ketones is 1. The molecule has 0 aliphatic heterocycles. The summed E-state index contributed by atoms with van der Waals surface area (Å²) < 4.78 is 10.4. The highest BCUT2D eigenvalue weighted by atomic mass is 16.7. The molecule has 2 fully saturated rings. The van der Waals surface area contributed by atoms with Crippen LogP contribution in [0.5, 0.6) is 0 Å². The molecule has 0 radical (unpaired) electrons. The molecule has 3 unspecified atom stereocenters. The van der Waals surface area contributed by atoms with E-state index in [0.717, 1.165) is 25.7 Å². The first kappa shape index (κ1) is 17.8. The van der Waals surface area contributed by atoms with Gasteiger partial charge in [-0.2, -0.15) is 0 Å². The topological polar surface area (TPSA) is 52.6 Å². The number of carbonyl (C=O) groups is 2. The molecule has 0 amide bonds. The maximum atomic E-state index is 11.9. The van der Waals surface area contributed by atoms with E-state index in [1.807, 2.05) is 6.08 Å². The van der Waals surface area contributed by atoms with Crippen molar-refractivity contribution < 1.29 is 19.1 Å². The molecule has 0 bridgehead atoms. The van der Waals surface area contributed by atoms with Crippen molar-refractivity contribution >= 4 is 11.9 Å². The van der Waals surface area contributed by atoms with E-state index in [-0.39, 0.29) is 11.5 Å². The van der Waals surface area contributed by atoms with Gasteiger partial charge in [-0.05, 0) is 54.9 Å². The van der Waals surface area contributed by atoms with Crippen LogP contribution in [-0.2, 0) is 14.3 Å². The van der Waals surface area contributed by atoms with Gasteiger partial charge in [0.1, 0.15) is 6.10 Å². The molecule has 7 atom stereocenters. The lowest BCUT2D eigenvalue weighted by atomic mass is 9.49. The van der Waals surface area contributed by atoms with Gasteiger partial charge in [0.25, 0.3) is 0 Å². The molecule has 0 aromatic heterocycles. The smallest absolute Gasteiger partial charge is 0.438 e. The summed E-state index contributed by atoms with van der Waals surface area (Å²) in [5, 5.41) is 0. The molecule has 0 heterocycles. The van der Waals surface area contributed by atoms with Crippen LogP contribution < -0.4 is 0 Å². The Morgan fingerprint density at radius 2 is 2.04 bits per heavy atom. The molecule has 0 aromatic rings. The van der Waals surface area contributed by atoms with Crippen molar-refractivity contribution in [2.45, 2.75) is 59.0 Å². The van der Waals surface area contributed by atoms with Crippen LogP contribution in [0.1, 0.15) is 52.9 Å². The van der Waals surface area contributed by atoms with Gasteiger partial charge in [0, 0.05) is 18.3 Å². The highest BCUT2D eigenvalue weighted by Crippen LogP contribution is 2.63. The predicted octanol–water partition coefficient (Wildman–Crippen LogP) is 4.69. The van der Waals surface area contributed by atoms with Crippen LogP contribution >= 0.6 is 0 Å². The van der Waals surface area contributed by atoms with Crippen LogP contribution in [0.3, 0.4) is 0 Å². The maximum Gasteiger partial charge on any atom is 0.508 e. The first-order valence-electron chi connectivity index (χ1n) is 10.0. The number of rotatable bonds is 1. The molecule has 26 heavy (non-hydrogen) atoms. The zero-order chi connectivity index (χ0) is 18.6. The SMILES string of the molecule is COC(=O)O[C@H]1CC=C2C3C(C4CCC(=O)C=C4C[C@H]3C)[C@@H](C)C[C@@]21C. The lowest BCUT2D eigenvalue weighted by Gasteiger charge is -2.56. The number of hydrogen-bond donors (Lipinski definition) is 0. The van der Waals surface area contributed by atoms with Gasteiger partial charge in [-0.25, -0.2) is 4.79 Å². The van der Waals surface area contributed by atoms with Gasteiger partial charge in [0.05, 0.1) is 7.11 Å². The first-order chi connectivity index (χ1) is 12.3. The summed E-state index contributed by atoms with van der Waals surface area (Å²) in [4.78, 5) is 23.7. The Labute approximate surface area is 156 Å². The fourth-order valence-corrected chi connectivity index (χ4v) is 6.74. The number of ether oxygens (including phenoxy) is 2. The fourth-order valence-electron chi connectivity index (χ4n) is 6.74. The van der Waals surface area contributed by atoms with E-state index in [9.17, 15) is 9.59 Å². The van der Waals surface area contributed by atoms with E-state index in [2.05, 4.69) is 26.8 Å². The molecule has 4 rings (SSSR count). The highest BCUT2D eigenvalue weighted by molar-refractivity contribution is 5.91. The molecule has 0 spiro atoms. The van der Waals surface area contributed by atoms with E-state index in [0.29, 0.717) is 41.8 Å². The molecule has 142 valence electrons. The van der Waals surface area contributed by atoms with Crippen LogP contribution in [0.15, 0.2) is 23.3 Å². The third-order valence-electron chi connectivity index (χ3n) is 7.66. The van der Waals surface area contributed by atoms with E-state index in [4.69, 9.17) is 9.47 Å². The van der Waals surface area contributed by atoms with Crippen molar-refractivity contribution in [1.29, 1.82) is 0 Å². The van der Waals surface area contributed by atoms with Gasteiger partial charge in [-0.1, -0.05) is 38.0 Å². The van der Waals surface area contributed by atoms with Crippen LogP contribution in [-0.4, -0.2) is 25.2 Å². The van der Waals surface area contributed by atoms with Gasteiger partial charge in [0.2, 0.25) is 0 Å². The third kappa shape index (κ3) is 2.56. The summed E-state index contributed by atoms with van der Waals surface area (Å²) in [7, 11) is 1.37. The number of carbonyl (C=O) groups excluding carboxylic acids is 2. The average molecular weight is 358 g/mol. The molecule has 4 heteroatoms. The van der Waals surface area contributed by atoms with E-state index in [1.54, 1.807) is 0 Å². The summed E-state index contributed by atoms with van der Waals surface area (Å²) in [6.07, 6.45) is 8.16. The molecular formula is C22H30O4. The molecule has 2 saturated carbocycles. The number of fused-ring (bicyclic) bond motifs is 5. The second-order valence-electron chi connectivity index (χ2n) is 9.17. The van der Waals surface area contributed by atoms with Gasteiger partial charge in [-0.15, -0.1) is 0 Å². The first-order valence-corrected chi connectivity index (χ1v) is 10.0. The van der Waals surface area contributed by atoms with Crippen molar-refractivity contribution in [2.75, 3.05) is 7.11 Å². The maximum absolute atomic E-state index is 11.9. The van der Waals surface area contributed by atoms with Crippen molar-refractivity contribution in [1.82, 2.24) is 0 Å². The van der Waals surface area contributed by atoms with E-state index >= 15 is 0 Å². The highest BCUT2D eigenvalue weighted by Gasteiger charge is 2.57. The van der Waals surface area contributed by atoms with Crippen LogP contribution in [0.4, 0.5) is 4.79 Å². The van der Waals surface area contributed by atoms with Gasteiger partial charge >= 0.3 is 6.16 Å². The Morgan fingerprint density at radius 1 is 1.27 bits per heavy atom. The molecule has 4 aliphatic carbocycles. The Bertz CT molecular complexity index is 690. The number of methoxy groups -OCH3 is 1. The summed E-state index contributed by atoms with van der Waals surface area (Å²) in [6.45, 7) is 6.97. The summed E-state index contributed by atoms with van der Waals surface area (Å²) >= 11 is 0. The summed E-state index contributed by atoms with van der Waals surface area (Å²) in [5.41, 5.74) is 2.80. The number of hydrogen-bond acceptors (Lipinski definition) is 4. The fraction of sp³-hybridized carbons (Fsp3) is 0.727. The monoisotopic (exact) mass is 358 g/mol. The van der Waals surface area contributed by atoms with Crippen molar-refractivity contribution in [3.05, 3.63) is 23.3 Å². The normalized spacial score (nSPS) is 44.2.